The molecule has 0 unspecified atom stereocenters. The van der Waals surface area contributed by atoms with Gasteiger partial charge in [-0.25, -0.2) is 0 Å². The Bertz CT molecular complexity index is 388. The van der Waals surface area contributed by atoms with E-state index in [1.54, 1.807) is 0 Å². The summed E-state index contributed by atoms with van der Waals surface area (Å²) in [6.07, 6.45) is 6.75. The fourth-order valence-electron chi connectivity index (χ4n) is 3.23. The Hall–Kier alpha value is -0.220. The number of carbonyl (C=O) groups is 1. The molecule has 0 rings (SSSR count). The van der Waals surface area contributed by atoms with E-state index in [0.717, 1.165) is 43.6 Å². The summed E-state index contributed by atoms with van der Waals surface area (Å²) in [6, 6.07) is 0. The van der Waals surface area contributed by atoms with E-state index in [4.69, 9.17) is 4.74 Å². The number of carbonyl (C=O) groups excluding carboxylic acids is 1. The van der Waals surface area contributed by atoms with Gasteiger partial charge in [-0.1, -0.05) is 55.4 Å². The van der Waals surface area contributed by atoms with E-state index >= 15 is 0 Å². The zero-order valence-electron chi connectivity index (χ0n) is 19.5. The van der Waals surface area contributed by atoms with Gasteiger partial charge in [0, 0.05) is 12.2 Å². The minimum atomic E-state index is -0.243. The second-order valence-electron chi connectivity index (χ2n) is 8.87. The number of nitrogens with one attached hydrogen (secondary N) is 1. The van der Waals surface area contributed by atoms with Crippen LogP contribution in [0, 0.1) is 11.8 Å². The predicted octanol–water partition coefficient (Wildman–Crippen LogP) is 6.45. The van der Waals surface area contributed by atoms with Gasteiger partial charge in [0.15, 0.2) is 0 Å². The molecule has 1 amide bonds. The summed E-state index contributed by atoms with van der Waals surface area (Å²) in [5.74, 6) is 3.56. The van der Waals surface area contributed by atoms with Gasteiger partial charge in [0.25, 0.3) is 0 Å². The van der Waals surface area contributed by atoms with Crippen molar-refractivity contribution in [3.63, 3.8) is 0 Å². The molecular formula is C23H47NO2S. The Labute approximate surface area is 174 Å². The summed E-state index contributed by atoms with van der Waals surface area (Å²) < 4.78 is 6.56. The number of rotatable bonds is 16. The molecule has 0 aliphatic heterocycles. The number of thioether (sulfide) groups is 1. The molecule has 0 aromatic carbocycles. The van der Waals surface area contributed by atoms with Gasteiger partial charge in [0.1, 0.15) is 0 Å². The van der Waals surface area contributed by atoms with Crippen molar-refractivity contribution in [2.45, 2.75) is 111 Å². The summed E-state index contributed by atoms with van der Waals surface area (Å²) in [5.41, 5.74) is -0.301. The normalized spacial score (nSPS) is 12.8. The van der Waals surface area contributed by atoms with E-state index in [2.05, 4.69) is 60.7 Å². The van der Waals surface area contributed by atoms with Crippen LogP contribution in [0.4, 0.5) is 0 Å². The van der Waals surface area contributed by atoms with Gasteiger partial charge in [0.05, 0.1) is 17.7 Å². The molecule has 0 saturated heterocycles. The Kier molecular flexibility index (Phi) is 13.8. The highest BCUT2D eigenvalue weighted by atomic mass is 32.2. The van der Waals surface area contributed by atoms with Crippen LogP contribution in [-0.4, -0.2) is 35.2 Å². The monoisotopic (exact) mass is 401 g/mol. The van der Waals surface area contributed by atoms with Crippen LogP contribution in [0.1, 0.15) is 100 Å². The van der Waals surface area contributed by atoms with Gasteiger partial charge in [-0.15, -0.1) is 0 Å². The quantitative estimate of drug-likeness (QED) is 0.302. The van der Waals surface area contributed by atoms with Crippen LogP contribution in [0.2, 0.25) is 0 Å². The third-order valence-electron chi connectivity index (χ3n) is 5.80. The Balaban J connectivity index is 4.79. The highest BCUT2D eigenvalue weighted by molar-refractivity contribution is 7.99. The first kappa shape index (κ1) is 26.8. The molecule has 0 heterocycles. The standard InChI is InChI=1S/C23H47NO2S/c1-9-22(10-2,24-21(25)14-16-27-17-20(7)8)18-26-23(11-3,12-4)15-13-19(5)6/h19-20H,9-18H2,1-8H3,(H,24,25). The molecule has 0 aromatic rings. The molecule has 0 atom stereocenters. The van der Waals surface area contributed by atoms with Crippen LogP contribution in [-0.2, 0) is 9.53 Å². The molecule has 0 spiro atoms. The van der Waals surface area contributed by atoms with Crippen molar-refractivity contribution in [3.8, 4) is 0 Å². The van der Waals surface area contributed by atoms with Crippen molar-refractivity contribution in [3.05, 3.63) is 0 Å². The molecular weight excluding hydrogens is 354 g/mol. The van der Waals surface area contributed by atoms with Crippen LogP contribution in [0.5, 0.6) is 0 Å². The summed E-state index contributed by atoms with van der Waals surface area (Å²) in [4.78, 5) is 12.5. The summed E-state index contributed by atoms with van der Waals surface area (Å²) in [6.45, 7) is 18.4. The van der Waals surface area contributed by atoms with Crippen LogP contribution in [0.25, 0.3) is 0 Å². The Morgan fingerprint density at radius 2 is 1.56 bits per heavy atom. The molecule has 0 radical (unpaired) electrons. The maximum absolute atomic E-state index is 12.5. The summed E-state index contributed by atoms with van der Waals surface area (Å²) in [7, 11) is 0. The van der Waals surface area contributed by atoms with Gasteiger partial charge < -0.3 is 10.1 Å². The maximum atomic E-state index is 12.5. The van der Waals surface area contributed by atoms with E-state index in [1.807, 2.05) is 11.8 Å². The minimum Gasteiger partial charge on any atom is -0.373 e. The van der Waals surface area contributed by atoms with Crippen LogP contribution in [0.3, 0.4) is 0 Å². The molecule has 4 heteroatoms. The lowest BCUT2D eigenvalue weighted by Gasteiger charge is -2.39. The van der Waals surface area contributed by atoms with E-state index in [-0.39, 0.29) is 17.0 Å². The van der Waals surface area contributed by atoms with Gasteiger partial charge in [-0.05, 0) is 56.1 Å². The molecule has 0 fully saturated rings. The molecule has 0 aliphatic rings. The largest absolute Gasteiger partial charge is 0.373 e. The van der Waals surface area contributed by atoms with E-state index in [1.165, 1.54) is 6.42 Å². The highest BCUT2D eigenvalue weighted by Gasteiger charge is 2.34. The SMILES string of the molecule is CCC(CC)(COC(CC)(CC)CCC(C)C)NC(=O)CCSCC(C)C. The molecule has 27 heavy (non-hydrogen) atoms. The molecule has 0 aromatic heterocycles. The van der Waals surface area contributed by atoms with Crippen molar-refractivity contribution in [2.24, 2.45) is 11.8 Å². The van der Waals surface area contributed by atoms with Crippen molar-refractivity contribution >= 4 is 17.7 Å². The van der Waals surface area contributed by atoms with E-state index < -0.39 is 0 Å². The van der Waals surface area contributed by atoms with Crippen molar-refractivity contribution < 1.29 is 9.53 Å². The lowest BCUT2D eigenvalue weighted by Crippen LogP contribution is -2.53. The average molecular weight is 402 g/mol. The smallest absolute Gasteiger partial charge is 0.221 e. The molecule has 1 N–H and O–H groups in total. The molecule has 3 nitrogen and oxygen atoms in total. The molecule has 0 saturated carbocycles. The number of amides is 1. The number of hydrogen-bond acceptors (Lipinski definition) is 3. The second kappa shape index (κ2) is 13.9. The van der Waals surface area contributed by atoms with Gasteiger partial charge in [0.2, 0.25) is 5.91 Å². The Morgan fingerprint density at radius 3 is 2.00 bits per heavy atom. The predicted molar refractivity (Wildman–Crippen MR) is 122 cm³/mol. The first-order chi connectivity index (χ1) is 12.7. The summed E-state index contributed by atoms with van der Waals surface area (Å²) in [5, 5.41) is 3.33. The Morgan fingerprint density at radius 1 is 0.963 bits per heavy atom. The lowest BCUT2D eigenvalue weighted by atomic mass is 9.87. The molecule has 0 bridgehead atoms. The van der Waals surface area contributed by atoms with Gasteiger partial charge in [-0.2, -0.15) is 11.8 Å². The third kappa shape index (κ3) is 10.8. The summed E-state index contributed by atoms with van der Waals surface area (Å²) >= 11 is 1.87. The zero-order valence-corrected chi connectivity index (χ0v) is 20.3. The fourth-order valence-corrected chi connectivity index (χ4v) is 4.20. The fraction of sp³-hybridized carbons (Fsp3) is 0.957. The van der Waals surface area contributed by atoms with Gasteiger partial charge >= 0.3 is 0 Å². The van der Waals surface area contributed by atoms with Crippen molar-refractivity contribution in [1.29, 1.82) is 0 Å². The molecule has 162 valence electrons. The van der Waals surface area contributed by atoms with Crippen LogP contribution < -0.4 is 5.32 Å². The second-order valence-corrected chi connectivity index (χ2v) is 10.0. The van der Waals surface area contributed by atoms with Crippen LogP contribution >= 0.6 is 11.8 Å². The lowest BCUT2D eigenvalue weighted by molar-refractivity contribution is -0.127. The molecule has 0 aliphatic carbocycles. The number of ether oxygens (including phenoxy) is 1. The van der Waals surface area contributed by atoms with E-state index in [9.17, 15) is 4.79 Å². The zero-order chi connectivity index (χ0) is 20.9. The number of hydrogen-bond donors (Lipinski definition) is 1. The van der Waals surface area contributed by atoms with Crippen LogP contribution in [0.15, 0.2) is 0 Å². The maximum Gasteiger partial charge on any atom is 0.221 e. The highest BCUT2D eigenvalue weighted by Crippen LogP contribution is 2.30. The topological polar surface area (TPSA) is 38.3 Å². The average Bonchev–Trinajstić information content (AvgIpc) is 2.64. The van der Waals surface area contributed by atoms with Crippen molar-refractivity contribution in [1.82, 2.24) is 5.32 Å². The van der Waals surface area contributed by atoms with E-state index in [0.29, 0.717) is 24.9 Å². The first-order valence-corrected chi connectivity index (χ1v) is 12.4. The first-order valence-electron chi connectivity index (χ1n) is 11.2. The minimum absolute atomic E-state index is 0.0578. The van der Waals surface area contributed by atoms with Gasteiger partial charge in [-0.3, -0.25) is 4.79 Å². The van der Waals surface area contributed by atoms with Crippen molar-refractivity contribution in [2.75, 3.05) is 18.1 Å². The third-order valence-corrected chi connectivity index (χ3v) is 7.20.